The highest BCUT2D eigenvalue weighted by Crippen LogP contribution is 2.11. The van der Waals surface area contributed by atoms with Crippen LogP contribution in [0.15, 0.2) is 29.3 Å². The lowest BCUT2D eigenvalue weighted by Crippen LogP contribution is -2.49. The summed E-state index contributed by atoms with van der Waals surface area (Å²) in [5, 5.41) is 9.64. The maximum absolute atomic E-state index is 11.8. The van der Waals surface area contributed by atoms with Gasteiger partial charge in [-0.2, -0.15) is 0 Å². The van der Waals surface area contributed by atoms with Crippen LogP contribution in [0.2, 0.25) is 0 Å². The first-order valence-electron chi connectivity index (χ1n) is 10.2. The van der Waals surface area contributed by atoms with E-state index < -0.39 is 0 Å². The number of morpholine rings is 1. The first-order valence-corrected chi connectivity index (χ1v) is 10.2. The van der Waals surface area contributed by atoms with Gasteiger partial charge < -0.3 is 20.7 Å². The van der Waals surface area contributed by atoms with Gasteiger partial charge in [0.05, 0.1) is 19.8 Å². The van der Waals surface area contributed by atoms with Gasteiger partial charge in [0.15, 0.2) is 5.96 Å². The molecule has 1 aliphatic rings. The standard InChI is InChI=1S/C21H35N5O2.HI/c1-5-22-21(23-14-17(4)26-10-12-28-13-11-26)24-15-18-6-8-19(9-7-18)25-20(27)16(2)3;/h6-9,16-17H,5,10-15H2,1-4H3,(H,25,27)(H2,22,23,24);1H. The van der Waals surface area contributed by atoms with E-state index >= 15 is 0 Å². The zero-order valence-corrected chi connectivity index (χ0v) is 20.4. The van der Waals surface area contributed by atoms with Gasteiger partial charge >= 0.3 is 0 Å². The Morgan fingerprint density at radius 1 is 1.14 bits per heavy atom. The molecular weight excluding hydrogens is 481 g/mol. The van der Waals surface area contributed by atoms with Crippen molar-refractivity contribution in [3.05, 3.63) is 29.8 Å². The molecule has 0 radical (unpaired) electrons. The second kappa shape index (κ2) is 13.8. The van der Waals surface area contributed by atoms with Crippen molar-refractivity contribution >= 4 is 41.5 Å². The van der Waals surface area contributed by atoms with Crippen molar-refractivity contribution < 1.29 is 9.53 Å². The summed E-state index contributed by atoms with van der Waals surface area (Å²) in [4.78, 5) is 18.9. The highest BCUT2D eigenvalue weighted by atomic mass is 127. The van der Waals surface area contributed by atoms with Crippen LogP contribution in [0.1, 0.15) is 33.3 Å². The van der Waals surface area contributed by atoms with Gasteiger partial charge in [-0.05, 0) is 31.5 Å². The minimum Gasteiger partial charge on any atom is -0.379 e. The van der Waals surface area contributed by atoms with E-state index in [9.17, 15) is 4.79 Å². The number of aliphatic imine (C=N–C) groups is 1. The Morgan fingerprint density at radius 3 is 2.38 bits per heavy atom. The van der Waals surface area contributed by atoms with Crippen LogP contribution in [0.3, 0.4) is 0 Å². The number of hydrogen-bond donors (Lipinski definition) is 3. The van der Waals surface area contributed by atoms with Crippen molar-refractivity contribution in [2.24, 2.45) is 10.9 Å². The molecule has 8 heteroatoms. The van der Waals surface area contributed by atoms with E-state index in [0.29, 0.717) is 12.6 Å². The minimum absolute atomic E-state index is 0. The molecule has 0 spiro atoms. The van der Waals surface area contributed by atoms with E-state index in [0.717, 1.165) is 56.6 Å². The average molecular weight is 517 g/mol. The predicted octanol–water partition coefficient (Wildman–Crippen LogP) is 2.67. The molecule has 3 N–H and O–H groups in total. The second-order valence-corrected chi connectivity index (χ2v) is 7.41. The van der Waals surface area contributed by atoms with Crippen molar-refractivity contribution in [2.75, 3.05) is 44.7 Å². The number of hydrogen-bond acceptors (Lipinski definition) is 4. The first-order chi connectivity index (χ1) is 13.5. The zero-order chi connectivity index (χ0) is 20.4. The maximum atomic E-state index is 11.8. The lowest BCUT2D eigenvalue weighted by molar-refractivity contribution is -0.118. The van der Waals surface area contributed by atoms with Crippen LogP contribution >= 0.6 is 24.0 Å². The summed E-state index contributed by atoms with van der Waals surface area (Å²) in [6.07, 6.45) is 0. The van der Waals surface area contributed by atoms with Gasteiger partial charge in [-0.1, -0.05) is 26.0 Å². The second-order valence-electron chi connectivity index (χ2n) is 7.41. The minimum atomic E-state index is -0.0297. The summed E-state index contributed by atoms with van der Waals surface area (Å²) in [5.41, 5.74) is 1.91. The molecule has 1 fully saturated rings. The Balaban J connectivity index is 0.00000420. The van der Waals surface area contributed by atoms with Crippen LogP contribution in [0.4, 0.5) is 5.69 Å². The van der Waals surface area contributed by atoms with E-state index in [1.807, 2.05) is 38.1 Å². The number of benzene rings is 1. The van der Waals surface area contributed by atoms with E-state index in [4.69, 9.17) is 4.74 Å². The highest BCUT2D eigenvalue weighted by molar-refractivity contribution is 14.0. The first kappa shape index (κ1) is 25.6. The Labute approximate surface area is 192 Å². The van der Waals surface area contributed by atoms with Crippen LogP contribution in [0, 0.1) is 5.92 Å². The summed E-state index contributed by atoms with van der Waals surface area (Å²) < 4.78 is 5.42. The number of nitrogens with one attached hydrogen (secondary N) is 3. The molecule has 1 aliphatic heterocycles. The molecular formula is C21H36IN5O2. The predicted molar refractivity (Wildman–Crippen MR) is 130 cm³/mol. The van der Waals surface area contributed by atoms with Crippen molar-refractivity contribution in [2.45, 2.75) is 40.3 Å². The average Bonchev–Trinajstić information content (AvgIpc) is 2.71. The molecule has 1 unspecified atom stereocenters. The molecule has 0 aromatic heterocycles. The monoisotopic (exact) mass is 517 g/mol. The summed E-state index contributed by atoms with van der Waals surface area (Å²) >= 11 is 0. The molecule has 0 aliphatic carbocycles. The lowest BCUT2D eigenvalue weighted by Gasteiger charge is -2.32. The van der Waals surface area contributed by atoms with Gasteiger partial charge in [0.25, 0.3) is 0 Å². The van der Waals surface area contributed by atoms with Gasteiger partial charge in [0, 0.05) is 43.8 Å². The molecule has 1 heterocycles. The highest BCUT2D eigenvalue weighted by Gasteiger charge is 2.17. The Bertz CT molecular complexity index is 630. The molecule has 1 aromatic rings. The Hall–Kier alpha value is -1.39. The molecule has 1 saturated heterocycles. The Kier molecular flexibility index (Phi) is 12.2. The smallest absolute Gasteiger partial charge is 0.226 e. The van der Waals surface area contributed by atoms with Gasteiger partial charge in [0.2, 0.25) is 5.91 Å². The molecule has 1 amide bonds. The lowest BCUT2D eigenvalue weighted by atomic mass is 10.2. The van der Waals surface area contributed by atoms with Gasteiger partial charge in [-0.3, -0.25) is 9.69 Å². The molecule has 0 saturated carbocycles. The Morgan fingerprint density at radius 2 is 1.79 bits per heavy atom. The number of rotatable bonds is 8. The molecule has 7 nitrogen and oxygen atoms in total. The fourth-order valence-corrected chi connectivity index (χ4v) is 2.88. The zero-order valence-electron chi connectivity index (χ0n) is 18.0. The van der Waals surface area contributed by atoms with Crippen LogP contribution in [-0.2, 0) is 16.1 Å². The van der Waals surface area contributed by atoms with E-state index in [1.54, 1.807) is 0 Å². The third kappa shape index (κ3) is 9.31. The molecule has 29 heavy (non-hydrogen) atoms. The van der Waals surface area contributed by atoms with E-state index in [2.05, 4.69) is 39.7 Å². The van der Waals surface area contributed by atoms with E-state index in [1.165, 1.54) is 0 Å². The van der Waals surface area contributed by atoms with Gasteiger partial charge in [0.1, 0.15) is 0 Å². The summed E-state index contributed by atoms with van der Waals surface area (Å²) in [6, 6.07) is 8.27. The summed E-state index contributed by atoms with van der Waals surface area (Å²) in [7, 11) is 0. The fourth-order valence-electron chi connectivity index (χ4n) is 2.88. The largest absolute Gasteiger partial charge is 0.379 e. The number of carbonyl (C=O) groups is 1. The van der Waals surface area contributed by atoms with Crippen LogP contribution < -0.4 is 16.0 Å². The van der Waals surface area contributed by atoms with Crippen LogP contribution in [-0.4, -0.2) is 62.2 Å². The van der Waals surface area contributed by atoms with Gasteiger partial charge in [-0.25, -0.2) is 4.99 Å². The molecule has 0 bridgehead atoms. The normalized spacial score (nSPS) is 16.1. The molecule has 2 rings (SSSR count). The van der Waals surface area contributed by atoms with E-state index in [-0.39, 0.29) is 35.8 Å². The van der Waals surface area contributed by atoms with Crippen LogP contribution in [0.5, 0.6) is 0 Å². The maximum Gasteiger partial charge on any atom is 0.226 e. The number of carbonyl (C=O) groups excluding carboxylic acids is 1. The summed E-state index contributed by atoms with van der Waals surface area (Å²) in [6.45, 7) is 13.9. The molecule has 1 aromatic carbocycles. The van der Waals surface area contributed by atoms with Crippen molar-refractivity contribution in [1.82, 2.24) is 15.5 Å². The number of nitrogens with zero attached hydrogens (tertiary/aromatic N) is 2. The van der Waals surface area contributed by atoms with Gasteiger partial charge in [-0.15, -0.1) is 24.0 Å². The third-order valence-corrected chi connectivity index (χ3v) is 4.74. The van der Waals surface area contributed by atoms with Crippen molar-refractivity contribution in [3.8, 4) is 0 Å². The van der Waals surface area contributed by atoms with Crippen molar-refractivity contribution in [3.63, 3.8) is 0 Å². The number of ether oxygens (including phenoxy) is 1. The summed E-state index contributed by atoms with van der Waals surface area (Å²) in [5.74, 6) is 0.816. The third-order valence-electron chi connectivity index (χ3n) is 4.74. The number of amides is 1. The quantitative estimate of drug-likeness (QED) is 0.281. The number of halogens is 1. The number of anilines is 1. The topological polar surface area (TPSA) is 78.0 Å². The van der Waals surface area contributed by atoms with Crippen LogP contribution in [0.25, 0.3) is 0 Å². The molecule has 164 valence electrons. The fraction of sp³-hybridized carbons (Fsp3) is 0.619. The molecule has 1 atom stereocenters. The number of guanidine groups is 1. The SMILES string of the molecule is CCNC(=NCc1ccc(NC(=O)C(C)C)cc1)NCC(C)N1CCOCC1.I. The van der Waals surface area contributed by atoms with Crippen molar-refractivity contribution in [1.29, 1.82) is 0 Å².